The second-order valence-corrected chi connectivity index (χ2v) is 40.8. The van der Waals surface area contributed by atoms with Crippen molar-refractivity contribution in [1.29, 1.82) is 0 Å². The van der Waals surface area contributed by atoms with Crippen LogP contribution in [0.25, 0.3) is 0 Å². The van der Waals surface area contributed by atoms with Crippen LogP contribution in [-0.2, 0) is 147 Å². The van der Waals surface area contributed by atoms with Crippen LogP contribution in [0.4, 0.5) is 0 Å². The Hall–Kier alpha value is -1.90. The number of carbonyl (C=O) groups is 4. The second-order valence-electron chi connectivity index (χ2n) is 23.6. The van der Waals surface area contributed by atoms with E-state index in [1.807, 2.05) is 115 Å². The number of aliphatic hydroxyl groups excluding tert-OH is 4. The molecule has 529 valence electrons. The molecule has 0 aromatic heterocycles. The van der Waals surface area contributed by atoms with E-state index in [-0.39, 0.29) is 126 Å². The number of rotatable bonds is 26. The van der Waals surface area contributed by atoms with Crippen molar-refractivity contribution < 1.29 is 145 Å². The standard InChI is InChI=1S/C37H54N2O9.C23H30N2O9.CH4.CH3.3ClH.2Fe.2HI.2V/c1-34(2,3)45-30(41)20-38(17-25-13-11-15-27-23-43-36(7,8)47-32(25)27)19-29(22-40)39(21-31(42)46-35(4,5)6)18-26-14-12-16-28-24-44-37(9,10)48-33(26)28;26-12-17-5-1-3-15(22(17)33)7-24(10-20(29)30)9-19(14-28)25(11-21(31)32)8-16-4-2-6-18(13-27)23(16)34;;;;;;;;;;;/h11-16,29,40H,17-24H2,1-10H3;1-6,19,26-28,33-34H,7-14H2,(H,29,30)(H,31,32);1H4;1H3;3*1H;;;2*1H;;/q;;;-1;;;;;+3;;;;+2/p-5/t;19-;;;;;;;;;;;/m.1.........../s1. The van der Waals surface area contributed by atoms with Gasteiger partial charge >= 0.3 is 115 Å². The van der Waals surface area contributed by atoms with Gasteiger partial charge in [0.25, 0.3) is 0 Å². The summed E-state index contributed by atoms with van der Waals surface area (Å²) < 4.78 is 35.6. The van der Waals surface area contributed by atoms with Crippen LogP contribution < -0.4 is 9.47 Å². The summed E-state index contributed by atoms with van der Waals surface area (Å²) >= 11 is 3.40. The molecule has 8 N–H and O–H groups in total. The van der Waals surface area contributed by atoms with Gasteiger partial charge in [-0.1, -0.05) is 80.2 Å². The third kappa shape index (κ3) is 34.6. The molecule has 0 bridgehead atoms. The number of hydrogen-bond donors (Lipinski definition) is 8. The summed E-state index contributed by atoms with van der Waals surface area (Å²) in [4.78, 5) is 56.1. The Labute approximate surface area is 616 Å². The maximum atomic E-state index is 13.3. The summed E-state index contributed by atoms with van der Waals surface area (Å²) in [5, 5.41) is 79.2. The van der Waals surface area contributed by atoms with Crippen LogP contribution in [0, 0.1) is 7.43 Å². The number of aliphatic hydroxyl groups is 4. The molecule has 31 heteroatoms. The zero-order valence-corrected chi connectivity index (χ0v) is 64.9. The number of aromatic hydroxyl groups is 2. The molecule has 2 heterocycles. The van der Waals surface area contributed by atoms with Gasteiger partial charge in [0.2, 0.25) is 11.6 Å². The number of hydrogen-bond acceptors (Lipinski definition) is 20. The molecule has 0 aliphatic carbocycles. The smallest absolute Gasteiger partial charge is 0 e. The van der Waals surface area contributed by atoms with Crippen LogP contribution in [0.2, 0.25) is 0 Å². The number of phenols is 2. The topological polar surface area (TPSA) is 298 Å². The van der Waals surface area contributed by atoms with Crippen molar-refractivity contribution in [3.05, 3.63) is 125 Å². The van der Waals surface area contributed by atoms with Gasteiger partial charge in [-0.25, -0.2) is 0 Å². The number of esters is 2. The molecule has 93 heavy (non-hydrogen) atoms. The minimum absolute atomic E-state index is 0. The first kappa shape index (κ1) is 93.2. The minimum atomic E-state index is -1.33. The Morgan fingerprint density at radius 3 is 1.27 bits per heavy atom. The molecule has 4 aromatic rings. The summed E-state index contributed by atoms with van der Waals surface area (Å²) in [6.45, 7) is 17.1. The fraction of sp³-hybridized carbons (Fsp3) is 0.532. The summed E-state index contributed by atoms with van der Waals surface area (Å²) in [6, 6.07) is 19.7. The van der Waals surface area contributed by atoms with E-state index in [1.54, 1.807) is 24.3 Å². The summed E-state index contributed by atoms with van der Waals surface area (Å²) in [6.07, 6.45) is 0. The number of carbonyl (C=O) groups excluding carboxylic acids is 2. The molecule has 2 aliphatic rings. The average Bonchev–Trinajstić information content (AvgIpc) is 0.815. The van der Waals surface area contributed by atoms with Crippen molar-refractivity contribution in [2.45, 2.75) is 164 Å². The Morgan fingerprint density at radius 1 is 0.581 bits per heavy atom. The van der Waals surface area contributed by atoms with Crippen LogP contribution >= 0.6 is 70.3 Å². The number of para-hydroxylation sites is 4. The molecule has 22 nitrogen and oxygen atoms in total. The molecular formula is C62H91Cl3Fe2I2N4O18V2-. The normalized spacial score (nSPS) is 14.2. The van der Waals surface area contributed by atoms with E-state index < -0.39 is 103 Å². The first-order chi connectivity index (χ1) is 41.6. The molecule has 0 amide bonds. The van der Waals surface area contributed by atoms with Crippen molar-refractivity contribution in [2.75, 3.05) is 52.5 Å². The van der Waals surface area contributed by atoms with E-state index in [0.717, 1.165) is 22.3 Å². The molecule has 2 aliphatic heterocycles. The van der Waals surface area contributed by atoms with E-state index in [4.69, 9.17) is 58.7 Å². The summed E-state index contributed by atoms with van der Waals surface area (Å²) in [7, 11) is 15.3. The fourth-order valence-electron chi connectivity index (χ4n) is 9.42. The molecule has 4 aromatic carbocycles. The monoisotopic (exact) mass is 1750 g/mol. The Morgan fingerprint density at radius 2 is 0.892 bits per heavy atom. The van der Waals surface area contributed by atoms with Gasteiger partial charge in [0.05, 0.1) is 65.8 Å². The zero-order valence-electron chi connectivity index (χ0n) is 53.3. The predicted molar refractivity (Wildman–Crippen MR) is 359 cm³/mol. The fourth-order valence-corrected chi connectivity index (χ4v) is 9.42. The molecule has 0 saturated carbocycles. The van der Waals surface area contributed by atoms with Crippen molar-refractivity contribution in [3.63, 3.8) is 0 Å². The van der Waals surface area contributed by atoms with Gasteiger partial charge < -0.3 is 76.7 Å². The number of ether oxygens (including phenoxy) is 6. The van der Waals surface area contributed by atoms with Crippen molar-refractivity contribution in [3.8, 4) is 23.0 Å². The Balaban J connectivity index is 0. The summed E-state index contributed by atoms with van der Waals surface area (Å²) in [5.41, 5.74) is 3.40. The quantitative estimate of drug-likeness (QED) is 0.0125. The largest absolute Gasteiger partial charge is 0 e. The van der Waals surface area contributed by atoms with Crippen LogP contribution in [0.3, 0.4) is 0 Å². The number of carboxylic acids is 2. The maximum absolute atomic E-state index is 13.3. The van der Waals surface area contributed by atoms with Gasteiger partial charge in [-0.15, -0.1) is 0 Å². The number of nitrogens with zero attached hydrogens (tertiary/aromatic N) is 4. The number of benzene rings is 4. The summed E-state index contributed by atoms with van der Waals surface area (Å²) in [5.74, 6) is -3.76. The number of halogens is 5. The third-order valence-electron chi connectivity index (χ3n) is 13.1. The SMILES string of the molecule is C.CC(C)(C)OC(=O)CN(Cc1cccc2c1OC(C)(C)OC2)CC(CO)N(CC(=O)OC(C)(C)C)Cc1cccc2c1OC(C)(C)OC2.O=C(O)CN(Cc1cccc(CO)c1O)C[C@H](CO)N(CC(=O)O)Cc1cccc(CO)c1O.[CH3-].[Cl][Fe]([Cl])[Cl].[Fe].[I][V][I].[V]. The van der Waals surface area contributed by atoms with Gasteiger partial charge in [-0.05, 0) is 41.5 Å². The minimum Gasteiger partial charge on any atom is 0 e. The zero-order chi connectivity index (χ0) is 67.0. The molecule has 1 unspecified atom stereocenters. The average molecular weight is 1750 g/mol. The predicted octanol–water partition coefficient (Wildman–Crippen LogP) is 10.2. The molecule has 0 fully saturated rings. The second kappa shape index (κ2) is 45.0. The van der Waals surface area contributed by atoms with Crippen molar-refractivity contribution >= 4 is 94.1 Å². The number of aliphatic carboxylic acids is 2. The number of carboxylic acid groups (broad SMARTS) is 2. The molecule has 0 saturated heterocycles. The van der Waals surface area contributed by atoms with E-state index in [1.165, 1.54) is 21.9 Å². The molecular weight excluding hydrogens is 1660 g/mol. The third-order valence-corrected chi connectivity index (χ3v) is 13.1. The van der Waals surface area contributed by atoms with Crippen LogP contribution in [0.1, 0.15) is 121 Å². The van der Waals surface area contributed by atoms with Gasteiger partial charge in [-0.2, -0.15) is 0 Å². The van der Waals surface area contributed by atoms with E-state index in [9.17, 15) is 60.0 Å². The van der Waals surface area contributed by atoms with Crippen molar-refractivity contribution in [1.82, 2.24) is 19.6 Å². The van der Waals surface area contributed by atoms with Gasteiger partial charge in [-0.3, -0.25) is 38.8 Å². The van der Waals surface area contributed by atoms with E-state index in [2.05, 4.69) is 40.0 Å². The Kier molecular flexibility index (Phi) is 45.1. The Bertz CT molecular complexity index is 2920. The maximum Gasteiger partial charge on any atom is 0 e. The van der Waals surface area contributed by atoms with Gasteiger partial charge in [0, 0.05) is 159 Å². The first-order valence-corrected chi connectivity index (χ1v) is 41.4. The first-order valence-electron chi connectivity index (χ1n) is 27.9. The number of fused-ring (bicyclic) bond motifs is 2. The van der Waals surface area contributed by atoms with E-state index in [0.29, 0.717) is 51.9 Å². The van der Waals surface area contributed by atoms with Crippen LogP contribution in [0.15, 0.2) is 72.8 Å². The van der Waals surface area contributed by atoms with Gasteiger partial charge in [0.15, 0.2) is 0 Å². The molecule has 2 atom stereocenters. The molecule has 0 spiro atoms. The van der Waals surface area contributed by atoms with Crippen LogP contribution in [0.5, 0.6) is 23.0 Å². The molecule has 1 radical (unpaired) electrons. The van der Waals surface area contributed by atoms with Gasteiger partial charge in [0.1, 0.15) is 34.2 Å². The van der Waals surface area contributed by atoms with Crippen molar-refractivity contribution in [2.24, 2.45) is 0 Å². The van der Waals surface area contributed by atoms with Crippen LogP contribution in [-0.4, -0.2) is 172 Å². The van der Waals surface area contributed by atoms with E-state index >= 15 is 0 Å². The molecule has 6 rings (SSSR count).